The zero-order valence-corrected chi connectivity index (χ0v) is 11.3. The smallest absolute Gasteiger partial charge is 0.121 e. The van der Waals surface area contributed by atoms with E-state index in [1.54, 1.807) is 7.11 Å². The molecule has 0 aliphatic heterocycles. The van der Waals surface area contributed by atoms with Crippen LogP contribution in [0, 0.1) is 6.92 Å². The Labute approximate surface area is 104 Å². The Hall–Kier alpha value is -1.06. The van der Waals surface area contributed by atoms with Crippen molar-refractivity contribution in [3.8, 4) is 5.75 Å². The largest absolute Gasteiger partial charge is 0.496 e. The van der Waals surface area contributed by atoms with Crippen LogP contribution in [-0.4, -0.2) is 25.7 Å². The molecule has 0 saturated heterocycles. The van der Waals surface area contributed by atoms with E-state index in [4.69, 9.17) is 10.5 Å². The molecule has 0 amide bonds. The van der Waals surface area contributed by atoms with Gasteiger partial charge in [0.05, 0.1) is 7.11 Å². The van der Waals surface area contributed by atoms with E-state index >= 15 is 0 Å². The summed E-state index contributed by atoms with van der Waals surface area (Å²) in [5.41, 5.74) is 8.26. The summed E-state index contributed by atoms with van der Waals surface area (Å²) in [4.78, 5) is 0. The topological polar surface area (TPSA) is 47.3 Å². The molecule has 1 rings (SSSR count). The van der Waals surface area contributed by atoms with Gasteiger partial charge in [-0.1, -0.05) is 12.1 Å². The lowest BCUT2D eigenvalue weighted by Crippen LogP contribution is -2.43. The molecular formula is C14H24N2O. The number of hydrogen-bond acceptors (Lipinski definition) is 3. The van der Waals surface area contributed by atoms with Crippen molar-refractivity contribution in [2.75, 3.05) is 20.2 Å². The van der Waals surface area contributed by atoms with Gasteiger partial charge in [-0.25, -0.2) is 0 Å². The van der Waals surface area contributed by atoms with Crippen molar-refractivity contribution in [1.82, 2.24) is 5.32 Å². The molecule has 1 aromatic rings. The molecule has 0 spiro atoms. The Balaban J connectivity index is 2.40. The second kappa shape index (κ2) is 6.03. The zero-order valence-electron chi connectivity index (χ0n) is 11.3. The summed E-state index contributed by atoms with van der Waals surface area (Å²) >= 11 is 0. The zero-order chi connectivity index (χ0) is 12.9. The first kappa shape index (κ1) is 14.0. The van der Waals surface area contributed by atoms with Crippen molar-refractivity contribution < 1.29 is 4.74 Å². The van der Waals surface area contributed by atoms with Crippen molar-refractivity contribution in [2.45, 2.75) is 32.7 Å². The van der Waals surface area contributed by atoms with E-state index in [0.29, 0.717) is 0 Å². The minimum atomic E-state index is -0.143. The van der Waals surface area contributed by atoms with Crippen LogP contribution < -0.4 is 15.8 Å². The number of methoxy groups -OCH3 is 1. The van der Waals surface area contributed by atoms with Crippen LogP contribution in [0.3, 0.4) is 0 Å². The van der Waals surface area contributed by atoms with Gasteiger partial charge in [0, 0.05) is 12.1 Å². The van der Waals surface area contributed by atoms with Crippen LogP contribution in [0.4, 0.5) is 0 Å². The third-order valence-corrected chi connectivity index (χ3v) is 2.63. The molecule has 0 saturated carbocycles. The SMILES string of the molecule is COc1ccc(CCNCC(C)(C)N)cc1C. The predicted octanol–water partition coefficient (Wildman–Crippen LogP) is 1.87. The average molecular weight is 236 g/mol. The van der Waals surface area contributed by atoms with Crippen molar-refractivity contribution in [3.05, 3.63) is 29.3 Å². The lowest BCUT2D eigenvalue weighted by Gasteiger charge is -2.19. The van der Waals surface area contributed by atoms with Crippen LogP contribution in [0.25, 0.3) is 0 Å². The first-order chi connectivity index (χ1) is 7.92. The predicted molar refractivity (Wildman–Crippen MR) is 72.6 cm³/mol. The third kappa shape index (κ3) is 5.20. The van der Waals surface area contributed by atoms with Gasteiger partial charge in [0.2, 0.25) is 0 Å². The molecule has 0 aliphatic rings. The van der Waals surface area contributed by atoms with Crippen LogP contribution in [0.5, 0.6) is 5.75 Å². The van der Waals surface area contributed by atoms with Gasteiger partial charge < -0.3 is 15.8 Å². The highest BCUT2D eigenvalue weighted by Gasteiger charge is 2.08. The Bertz CT molecular complexity index is 356. The van der Waals surface area contributed by atoms with E-state index in [2.05, 4.69) is 24.4 Å². The van der Waals surface area contributed by atoms with Crippen LogP contribution in [0.1, 0.15) is 25.0 Å². The number of aryl methyl sites for hydroxylation is 1. The second-order valence-corrected chi connectivity index (χ2v) is 5.22. The van der Waals surface area contributed by atoms with Crippen LogP contribution in [0.15, 0.2) is 18.2 Å². The molecule has 0 radical (unpaired) electrons. The van der Waals surface area contributed by atoms with Crippen LogP contribution in [0.2, 0.25) is 0 Å². The monoisotopic (exact) mass is 236 g/mol. The van der Waals surface area contributed by atoms with Crippen LogP contribution in [-0.2, 0) is 6.42 Å². The maximum absolute atomic E-state index is 5.90. The minimum Gasteiger partial charge on any atom is -0.496 e. The van der Waals surface area contributed by atoms with Gasteiger partial charge in [0.1, 0.15) is 5.75 Å². The Morgan fingerprint density at radius 3 is 2.59 bits per heavy atom. The Kier molecular flexibility index (Phi) is 4.97. The standard InChI is InChI=1S/C14H24N2O/c1-11-9-12(5-6-13(11)17-4)7-8-16-10-14(2,3)15/h5-6,9,16H,7-8,10,15H2,1-4H3. The van der Waals surface area contributed by atoms with Gasteiger partial charge >= 0.3 is 0 Å². The van der Waals surface area contributed by atoms with Gasteiger partial charge in [0.15, 0.2) is 0 Å². The Morgan fingerprint density at radius 1 is 1.35 bits per heavy atom. The van der Waals surface area contributed by atoms with E-state index in [1.165, 1.54) is 11.1 Å². The van der Waals surface area contributed by atoms with Gasteiger partial charge in [-0.3, -0.25) is 0 Å². The summed E-state index contributed by atoms with van der Waals surface area (Å²) in [6.45, 7) is 7.91. The third-order valence-electron chi connectivity index (χ3n) is 2.63. The molecule has 0 atom stereocenters. The highest BCUT2D eigenvalue weighted by Crippen LogP contribution is 2.18. The fourth-order valence-electron chi connectivity index (χ4n) is 1.74. The van der Waals surface area contributed by atoms with Crippen molar-refractivity contribution in [2.24, 2.45) is 5.73 Å². The fraction of sp³-hybridized carbons (Fsp3) is 0.571. The highest BCUT2D eigenvalue weighted by atomic mass is 16.5. The molecular weight excluding hydrogens is 212 g/mol. The molecule has 0 fully saturated rings. The van der Waals surface area contributed by atoms with Crippen molar-refractivity contribution >= 4 is 0 Å². The van der Waals surface area contributed by atoms with E-state index in [9.17, 15) is 0 Å². The lowest BCUT2D eigenvalue weighted by atomic mass is 10.1. The molecule has 0 aromatic heterocycles. The first-order valence-corrected chi connectivity index (χ1v) is 6.05. The molecule has 0 bridgehead atoms. The summed E-state index contributed by atoms with van der Waals surface area (Å²) in [5, 5.41) is 3.37. The molecule has 3 N–H and O–H groups in total. The maximum Gasteiger partial charge on any atom is 0.121 e. The molecule has 0 heterocycles. The molecule has 0 aliphatic carbocycles. The highest BCUT2D eigenvalue weighted by molar-refractivity contribution is 5.36. The van der Waals surface area contributed by atoms with Gasteiger partial charge in [0.25, 0.3) is 0 Å². The Morgan fingerprint density at radius 2 is 2.06 bits per heavy atom. The quantitative estimate of drug-likeness (QED) is 0.741. The number of benzene rings is 1. The summed E-state index contributed by atoms with van der Waals surface area (Å²) in [7, 11) is 1.70. The summed E-state index contributed by atoms with van der Waals surface area (Å²) < 4.78 is 5.24. The van der Waals surface area contributed by atoms with E-state index in [0.717, 1.165) is 25.3 Å². The average Bonchev–Trinajstić information content (AvgIpc) is 2.23. The lowest BCUT2D eigenvalue weighted by molar-refractivity contribution is 0.411. The van der Waals surface area contributed by atoms with E-state index in [-0.39, 0.29) is 5.54 Å². The molecule has 3 heteroatoms. The van der Waals surface area contributed by atoms with Gasteiger partial charge in [-0.15, -0.1) is 0 Å². The number of hydrogen-bond donors (Lipinski definition) is 2. The first-order valence-electron chi connectivity index (χ1n) is 6.05. The number of nitrogens with two attached hydrogens (primary N) is 1. The normalized spacial score (nSPS) is 11.6. The number of rotatable bonds is 6. The minimum absolute atomic E-state index is 0.143. The van der Waals surface area contributed by atoms with Gasteiger partial charge in [-0.2, -0.15) is 0 Å². The summed E-state index contributed by atoms with van der Waals surface area (Å²) in [6.07, 6.45) is 1.01. The van der Waals surface area contributed by atoms with Crippen LogP contribution >= 0.6 is 0 Å². The maximum atomic E-state index is 5.90. The fourth-order valence-corrected chi connectivity index (χ4v) is 1.74. The molecule has 0 unspecified atom stereocenters. The summed E-state index contributed by atoms with van der Waals surface area (Å²) in [6, 6.07) is 6.31. The molecule has 96 valence electrons. The van der Waals surface area contributed by atoms with E-state index < -0.39 is 0 Å². The van der Waals surface area contributed by atoms with Crippen molar-refractivity contribution in [1.29, 1.82) is 0 Å². The molecule has 1 aromatic carbocycles. The molecule has 17 heavy (non-hydrogen) atoms. The second-order valence-electron chi connectivity index (χ2n) is 5.22. The number of ether oxygens (including phenoxy) is 1. The van der Waals surface area contributed by atoms with Gasteiger partial charge in [-0.05, 0) is 50.9 Å². The summed E-state index contributed by atoms with van der Waals surface area (Å²) in [5.74, 6) is 0.949. The van der Waals surface area contributed by atoms with E-state index in [1.807, 2.05) is 19.9 Å². The molecule has 3 nitrogen and oxygen atoms in total. The number of nitrogens with one attached hydrogen (secondary N) is 1. The van der Waals surface area contributed by atoms with Crippen molar-refractivity contribution in [3.63, 3.8) is 0 Å².